The van der Waals surface area contributed by atoms with E-state index in [2.05, 4.69) is 25.2 Å². The van der Waals surface area contributed by atoms with Crippen LogP contribution in [0.3, 0.4) is 0 Å². The van der Waals surface area contributed by atoms with E-state index in [9.17, 15) is 33.0 Å². The van der Waals surface area contributed by atoms with Gasteiger partial charge in [-0.25, -0.2) is 0 Å². The number of anilines is 1. The van der Waals surface area contributed by atoms with Crippen LogP contribution in [0.2, 0.25) is 0 Å². The zero-order valence-corrected chi connectivity index (χ0v) is 19.4. The summed E-state index contributed by atoms with van der Waals surface area (Å²) in [5, 5.41) is 32.5. The number of aliphatic hydroxyl groups is 1. The lowest BCUT2D eigenvalue weighted by molar-refractivity contribution is -0.140. The first-order valence-corrected chi connectivity index (χ1v) is 11.3. The minimum absolute atomic E-state index is 0.00452. The van der Waals surface area contributed by atoms with E-state index < -0.39 is 34.6 Å². The third kappa shape index (κ3) is 5.42. The Kier molecular flexibility index (Phi) is 7.74. The SMILES string of the molecule is O=COc1c(C(F)(F)F)cc(O)c(-c2nnc(N[C@@H]3CCCN(CCO)C3)c3ccccc23)c1OC=O. The normalized spacial score (nSPS) is 16.4. The molecule has 13 heteroatoms. The lowest BCUT2D eigenvalue weighted by atomic mass is 9.99. The van der Waals surface area contributed by atoms with Crippen LogP contribution in [-0.2, 0) is 15.8 Å². The van der Waals surface area contributed by atoms with Crippen molar-refractivity contribution >= 4 is 29.5 Å². The number of carbonyl (C=O) groups excluding carboxylic acids is 2. The minimum atomic E-state index is -5.04. The van der Waals surface area contributed by atoms with E-state index in [-0.39, 0.29) is 31.3 Å². The monoisotopic (exact) mass is 520 g/mol. The van der Waals surface area contributed by atoms with Gasteiger partial charge in [0.2, 0.25) is 0 Å². The number of phenolic OH excluding ortho intramolecular Hbond substituents is 1. The molecule has 1 atom stereocenters. The highest BCUT2D eigenvalue weighted by Gasteiger charge is 2.39. The Morgan fingerprint density at radius 2 is 1.81 bits per heavy atom. The average Bonchev–Trinajstić information content (AvgIpc) is 2.86. The molecule has 0 bridgehead atoms. The van der Waals surface area contributed by atoms with Gasteiger partial charge in [-0.1, -0.05) is 24.3 Å². The molecule has 2 heterocycles. The largest absolute Gasteiger partial charge is 0.507 e. The van der Waals surface area contributed by atoms with Gasteiger partial charge in [-0.15, -0.1) is 10.2 Å². The summed E-state index contributed by atoms with van der Waals surface area (Å²) < 4.78 is 50.2. The summed E-state index contributed by atoms with van der Waals surface area (Å²) >= 11 is 0. The van der Waals surface area contributed by atoms with Crippen LogP contribution in [-0.4, -0.2) is 70.5 Å². The van der Waals surface area contributed by atoms with E-state index in [1.807, 2.05) is 0 Å². The highest BCUT2D eigenvalue weighted by molar-refractivity contribution is 6.02. The maximum atomic E-state index is 13.6. The number of likely N-dealkylation sites (tertiary alicyclic amines) is 1. The molecule has 4 rings (SSSR count). The molecular weight excluding hydrogens is 497 g/mol. The molecule has 1 aromatic heterocycles. The molecule has 37 heavy (non-hydrogen) atoms. The number of hydrogen-bond acceptors (Lipinski definition) is 10. The van der Waals surface area contributed by atoms with Gasteiger partial charge in [0.25, 0.3) is 12.9 Å². The molecule has 0 radical (unpaired) electrons. The van der Waals surface area contributed by atoms with E-state index in [4.69, 9.17) is 4.74 Å². The van der Waals surface area contributed by atoms with Crippen LogP contribution in [0.15, 0.2) is 30.3 Å². The molecule has 196 valence electrons. The van der Waals surface area contributed by atoms with Crippen molar-refractivity contribution in [1.82, 2.24) is 15.1 Å². The van der Waals surface area contributed by atoms with Crippen LogP contribution >= 0.6 is 0 Å². The van der Waals surface area contributed by atoms with Crippen molar-refractivity contribution in [3.8, 4) is 28.5 Å². The molecular formula is C24H23F3N4O6. The van der Waals surface area contributed by atoms with Gasteiger partial charge in [0.15, 0.2) is 17.3 Å². The number of hydrogen-bond donors (Lipinski definition) is 3. The number of piperidine rings is 1. The molecule has 10 nitrogen and oxygen atoms in total. The lowest BCUT2D eigenvalue weighted by Crippen LogP contribution is -2.43. The number of ether oxygens (including phenoxy) is 2. The number of benzene rings is 2. The minimum Gasteiger partial charge on any atom is -0.507 e. The van der Waals surface area contributed by atoms with Crippen molar-refractivity contribution < 1.29 is 42.4 Å². The van der Waals surface area contributed by atoms with E-state index in [1.165, 1.54) is 0 Å². The highest BCUT2D eigenvalue weighted by Crippen LogP contribution is 2.51. The summed E-state index contributed by atoms with van der Waals surface area (Å²) in [5.74, 6) is -2.43. The predicted molar refractivity (Wildman–Crippen MR) is 125 cm³/mol. The first kappa shape index (κ1) is 26.1. The van der Waals surface area contributed by atoms with Crippen LogP contribution in [0.4, 0.5) is 19.0 Å². The fourth-order valence-corrected chi connectivity index (χ4v) is 4.50. The third-order valence-corrected chi connectivity index (χ3v) is 6.04. The Balaban J connectivity index is 1.85. The number of aromatic hydroxyl groups is 1. The number of carbonyl (C=O) groups is 2. The van der Waals surface area contributed by atoms with E-state index in [1.54, 1.807) is 24.3 Å². The fraction of sp³-hybridized carbons (Fsp3) is 0.333. The van der Waals surface area contributed by atoms with E-state index in [0.29, 0.717) is 35.7 Å². The van der Waals surface area contributed by atoms with Gasteiger partial charge in [-0.05, 0) is 25.5 Å². The Bertz CT molecular complexity index is 1300. The summed E-state index contributed by atoms with van der Waals surface area (Å²) in [4.78, 5) is 24.3. The number of aromatic nitrogens is 2. The number of alkyl halides is 3. The second kappa shape index (κ2) is 11.0. The zero-order valence-electron chi connectivity index (χ0n) is 19.4. The molecule has 0 amide bonds. The molecule has 3 aromatic rings. The van der Waals surface area contributed by atoms with Crippen LogP contribution < -0.4 is 14.8 Å². The number of β-amino-alcohol motifs (C(OH)–C–C–N with tert-alkyl or cyclic N) is 1. The van der Waals surface area contributed by atoms with Gasteiger partial charge in [0, 0.05) is 29.9 Å². The maximum absolute atomic E-state index is 13.6. The smallest absolute Gasteiger partial charge is 0.420 e. The Hall–Kier alpha value is -3.97. The Labute approximate surface area is 208 Å². The van der Waals surface area contributed by atoms with Gasteiger partial charge < -0.3 is 25.0 Å². The van der Waals surface area contributed by atoms with Gasteiger partial charge in [0.05, 0.1) is 12.2 Å². The number of nitrogens with zero attached hydrogens (tertiary/aromatic N) is 3. The van der Waals surface area contributed by atoms with Gasteiger partial charge in [-0.2, -0.15) is 13.2 Å². The van der Waals surface area contributed by atoms with Gasteiger partial charge >= 0.3 is 6.18 Å². The topological polar surface area (TPSA) is 134 Å². The van der Waals surface area contributed by atoms with Crippen LogP contribution in [0.25, 0.3) is 22.0 Å². The summed E-state index contributed by atoms with van der Waals surface area (Å²) in [6.07, 6.45) is -3.28. The number of fused-ring (bicyclic) bond motifs is 1. The van der Waals surface area contributed by atoms with Crippen molar-refractivity contribution in [1.29, 1.82) is 0 Å². The summed E-state index contributed by atoms with van der Waals surface area (Å²) in [6.45, 7) is 1.72. The zero-order chi connectivity index (χ0) is 26.6. The Morgan fingerprint density at radius 1 is 1.11 bits per heavy atom. The quantitative estimate of drug-likeness (QED) is 0.362. The lowest BCUT2D eigenvalue weighted by Gasteiger charge is -2.33. The van der Waals surface area contributed by atoms with Crippen molar-refractivity contribution in [3.05, 3.63) is 35.9 Å². The summed E-state index contributed by atoms with van der Waals surface area (Å²) in [7, 11) is 0. The molecule has 0 saturated carbocycles. The maximum Gasteiger partial charge on any atom is 0.420 e. The number of halogens is 3. The van der Waals surface area contributed by atoms with Crippen molar-refractivity contribution in [2.75, 3.05) is 31.6 Å². The van der Waals surface area contributed by atoms with Crippen LogP contribution in [0, 0.1) is 0 Å². The molecule has 1 aliphatic heterocycles. The standard InChI is InChI=1S/C24H23F3N4O6/c25-24(26,27)17-10-18(35)19(22(37-13-34)21(17)36-12-33)20-15-5-1-2-6-16(15)23(30-29-20)28-14-4-3-7-31(11-14)8-9-32/h1-2,5-6,10,12-14,32,35H,3-4,7-9,11H2,(H,28,30)/t14-/m1/s1. The van der Waals surface area contributed by atoms with Crippen molar-refractivity contribution in [3.63, 3.8) is 0 Å². The molecule has 0 spiro atoms. The molecule has 2 aromatic carbocycles. The second-order valence-electron chi connectivity index (χ2n) is 8.35. The van der Waals surface area contributed by atoms with Gasteiger partial charge in [-0.3, -0.25) is 14.5 Å². The summed E-state index contributed by atoms with van der Waals surface area (Å²) in [6, 6.07) is 7.09. The van der Waals surface area contributed by atoms with Crippen molar-refractivity contribution in [2.24, 2.45) is 0 Å². The molecule has 3 N–H and O–H groups in total. The van der Waals surface area contributed by atoms with Gasteiger partial charge in [0.1, 0.15) is 17.0 Å². The summed E-state index contributed by atoms with van der Waals surface area (Å²) in [5.41, 5.74) is -2.01. The number of rotatable bonds is 9. The van der Waals surface area contributed by atoms with E-state index >= 15 is 0 Å². The predicted octanol–water partition coefficient (Wildman–Crippen LogP) is 2.96. The first-order valence-electron chi connectivity index (χ1n) is 11.3. The second-order valence-corrected chi connectivity index (χ2v) is 8.35. The third-order valence-electron chi connectivity index (χ3n) is 6.04. The van der Waals surface area contributed by atoms with Crippen molar-refractivity contribution in [2.45, 2.75) is 25.1 Å². The molecule has 1 fully saturated rings. The van der Waals surface area contributed by atoms with Crippen LogP contribution in [0.1, 0.15) is 18.4 Å². The van der Waals surface area contributed by atoms with E-state index in [0.717, 1.165) is 19.4 Å². The first-order chi connectivity index (χ1) is 17.8. The molecule has 0 aliphatic carbocycles. The molecule has 1 aliphatic rings. The molecule has 0 unspecified atom stereocenters. The average molecular weight is 520 g/mol. The Morgan fingerprint density at radius 3 is 2.49 bits per heavy atom. The number of nitrogens with one attached hydrogen (secondary N) is 1. The number of aliphatic hydroxyl groups excluding tert-OH is 1. The number of phenols is 1. The van der Waals surface area contributed by atoms with Crippen LogP contribution in [0.5, 0.6) is 17.2 Å². The highest BCUT2D eigenvalue weighted by atomic mass is 19.4. The fourth-order valence-electron chi connectivity index (χ4n) is 4.50. The molecule has 1 saturated heterocycles.